The molecule has 0 bridgehead atoms. The minimum atomic E-state index is 0.681. The van der Waals surface area contributed by atoms with E-state index in [1.807, 2.05) is 0 Å². The summed E-state index contributed by atoms with van der Waals surface area (Å²) in [5.74, 6) is 1.05. The van der Waals surface area contributed by atoms with Gasteiger partial charge in [-0.15, -0.1) is 0 Å². The first-order valence-corrected chi connectivity index (χ1v) is 7.56. The quantitative estimate of drug-likeness (QED) is 0.885. The molecular formula is C18H22N2O. The van der Waals surface area contributed by atoms with E-state index in [1.54, 1.807) is 0 Å². The molecule has 0 atom stereocenters. The Morgan fingerprint density at radius 1 is 1.00 bits per heavy atom. The average Bonchev–Trinajstić information content (AvgIpc) is 2.96. The standard InChI is InChI=1S/C18H22N2O/c19-9-10-20(13-15-4-2-1-3-5-15)14-16-6-7-18-17(12-16)8-11-21-18/h1-7,12H,8-11,13-14,19H2. The lowest BCUT2D eigenvalue weighted by Gasteiger charge is -2.22. The largest absolute Gasteiger partial charge is 0.493 e. The van der Waals surface area contributed by atoms with Crippen LogP contribution in [0.15, 0.2) is 48.5 Å². The summed E-state index contributed by atoms with van der Waals surface area (Å²) >= 11 is 0. The lowest BCUT2D eigenvalue weighted by molar-refractivity contribution is 0.264. The summed E-state index contributed by atoms with van der Waals surface area (Å²) in [4.78, 5) is 2.40. The molecule has 0 saturated heterocycles. The summed E-state index contributed by atoms with van der Waals surface area (Å²) < 4.78 is 5.57. The molecule has 21 heavy (non-hydrogen) atoms. The molecule has 2 aromatic rings. The van der Waals surface area contributed by atoms with Gasteiger partial charge < -0.3 is 10.5 Å². The Labute approximate surface area is 126 Å². The predicted octanol–water partition coefficient (Wildman–Crippen LogP) is 2.58. The van der Waals surface area contributed by atoms with E-state index in [2.05, 4.69) is 53.4 Å². The highest BCUT2D eigenvalue weighted by atomic mass is 16.5. The van der Waals surface area contributed by atoms with E-state index < -0.39 is 0 Å². The molecule has 0 spiro atoms. The van der Waals surface area contributed by atoms with Gasteiger partial charge >= 0.3 is 0 Å². The summed E-state index contributed by atoms with van der Waals surface area (Å²) in [5.41, 5.74) is 9.76. The zero-order valence-corrected chi connectivity index (χ0v) is 12.3. The molecule has 3 rings (SSSR count). The van der Waals surface area contributed by atoms with Crippen molar-refractivity contribution < 1.29 is 4.74 Å². The van der Waals surface area contributed by atoms with Gasteiger partial charge in [-0.2, -0.15) is 0 Å². The van der Waals surface area contributed by atoms with Gasteiger partial charge in [0.1, 0.15) is 5.75 Å². The first kappa shape index (κ1) is 14.1. The normalized spacial score (nSPS) is 13.2. The van der Waals surface area contributed by atoms with E-state index in [0.29, 0.717) is 6.54 Å². The highest BCUT2D eigenvalue weighted by Gasteiger charge is 2.13. The second-order valence-electron chi connectivity index (χ2n) is 5.53. The van der Waals surface area contributed by atoms with Crippen molar-refractivity contribution in [1.29, 1.82) is 0 Å². The van der Waals surface area contributed by atoms with Gasteiger partial charge in [-0.1, -0.05) is 42.5 Å². The SMILES string of the molecule is NCCN(Cc1ccccc1)Cc1ccc2c(c1)CCO2. The molecule has 0 aromatic heterocycles. The van der Waals surface area contributed by atoms with E-state index in [9.17, 15) is 0 Å². The number of ether oxygens (including phenoxy) is 1. The molecule has 0 saturated carbocycles. The molecule has 2 N–H and O–H groups in total. The highest BCUT2D eigenvalue weighted by molar-refractivity contribution is 5.39. The van der Waals surface area contributed by atoms with Crippen molar-refractivity contribution in [2.75, 3.05) is 19.7 Å². The van der Waals surface area contributed by atoms with Crippen LogP contribution in [-0.4, -0.2) is 24.6 Å². The lowest BCUT2D eigenvalue weighted by Crippen LogP contribution is -2.28. The van der Waals surface area contributed by atoms with Crippen molar-refractivity contribution >= 4 is 0 Å². The monoisotopic (exact) mass is 282 g/mol. The van der Waals surface area contributed by atoms with Crippen LogP contribution in [0.1, 0.15) is 16.7 Å². The molecule has 3 heteroatoms. The Morgan fingerprint density at radius 3 is 2.62 bits per heavy atom. The first-order valence-electron chi connectivity index (χ1n) is 7.56. The minimum absolute atomic E-state index is 0.681. The summed E-state index contributed by atoms with van der Waals surface area (Å²) in [7, 11) is 0. The van der Waals surface area contributed by atoms with E-state index in [4.69, 9.17) is 10.5 Å². The van der Waals surface area contributed by atoms with E-state index >= 15 is 0 Å². The van der Waals surface area contributed by atoms with Crippen molar-refractivity contribution in [3.63, 3.8) is 0 Å². The molecule has 0 aliphatic carbocycles. The first-order chi connectivity index (χ1) is 10.3. The third kappa shape index (κ3) is 3.63. The molecule has 1 aliphatic rings. The molecule has 0 radical (unpaired) electrons. The van der Waals surface area contributed by atoms with Gasteiger partial charge in [-0.25, -0.2) is 0 Å². The van der Waals surface area contributed by atoms with Crippen molar-refractivity contribution in [2.24, 2.45) is 5.73 Å². The molecule has 0 amide bonds. The summed E-state index contributed by atoms with van der Waals surface area (Å²) in [6.07, 6.45) is 1.03. The topological polar surface area (TPSA) is 38.5 Å². The molecular weight excluding hydrogens is 260 g/mol. The number of fused-ring (bicyclic) bond motifs is 1. The Hall–Kier alpha value is -1.84. The van der Waals surface area contributed by atoms with Gasteiger partial charge in [0.25, 0.3) is 0 Å². The second kappa shape index (κ2) is 6.74. The van der Waals surface area contributed by atoms with Gasteiger partial charge in [0.2, 0.25) is 0 Å². The van der Waals surface area contributed by atoms with Gasteiger partial charge in [-0.3, -0.25) is 4.90 Å². The molecule has 0 fully saturated rings. The van der Waals surface area contributed by atoms with Crippen LogP contribution in [-0.2, 0) is 19.5 Å². The number of hydrogen-bond acceptors (Lipinski definition) is 3. The van der Waals surface area contributed by atoms with Gasteiger partial charge in [-0.05, 0) is 22.8 Å². The van der Waals surface area contributed by atoms with Crippen LogP contribution in [0.2, 0.25) is 0 Å². The zero-order chi connectivity index (χ0) is 14.5. The van der Waals surface area contributed by atoms with Crippen LogP contribution < -0.4 is 10.5 Å². The summed E-state index contributed by atoms with van der Waals surface area (Å²) in [6, 6.07) is 17.1. The van der Waals surface area contributed by atoms with Crippen LogP contribution in [0.5, 0.6) is 5.75 Å². The Balaban J connectivity index is 1.70. The third-order valence-electron chi connectivity index (χ3n) is 3.85. The number of nitrogens with two attached hydrogens (primary N) is 1. The summed E-state index contributed by atoms with van der Waals surface area (Å²) in [6.45, 7) is 4.27. The molecule has 2 aromatic carbocycles. The van der Waals surface area contributed by atoms with Crippen molar-refractivity contribution in [1.82, 2.24) is 4.90 Å². The maximum atomic E-state index is 5.77. The Morgan fingerprint density at radius 2 is 1.81 bits per heavy atom. The fourth-order valence-electron chi connectivity index (χ4n) is 2.83. The molecule has 0 unspecified atom stereocenters. The van der Waals surface area contributed by atoms with Crippen molar-refractivity contribution in [3.05, 3.63) is 65.2 Å². The van der Waals surface area contributed by atoms with Crippen LogP contribution in [0, 0.1) is 0 Å². The van der Waals surface area contributed by atoms with Gasteiger partial charge in [0, 0.05) is 32.6 Å². The number of rotatable bonds is 6. The van der Waals surface area contributed by atoms with Crippen LogP contribution in [0.25, 0.3) is 0 Å². The molecule has 1 aliphatic heterocycles. The van der Waals surface area contributed by atoms with E-state index in [-0.39, 0.29) is 0 Å². The predicted molar refractivity (Wildman–Crippen MR) is 85.3 cm³/mol. The molecule has 110 valence electrons. The fourth-order valence-corrected chi connectivity index (χ4v) is 2.83. The van der Waals surface area contributed by atoms with Gasteiger partial charge in [0.05, 0.1) is 6.61 Å². The molecule has 3 nitrogen and oxygen atoms in total. The zero-order valence-electron chi connectivity index (χ0n) is 12.3. The van der Waals surface area contributed by atoms with E-state index in [1.165, 1.54) is 16.7 Å². The van der Waals surface area contributed by atoms with Crippen molar-refractivity contribution in [3.8, 4) is 5.75 Å². The van der Waals surface area contributed by atoms with Crippen LogP contribution in [0.3, 0.4) is 0 Å². The summed E-state index contributed by atoms with van der Waals surface area (Å²) in [5, 5.41) is 0. The average molecular weight is 282 g/mol. The minimum Gasteiger partial charge on any atom is -0.493 e. The third-order valence-corrected chi connectivity index (χ3v) is 3.85. The number of nitrogens with zero attached hydrogens (tertiary/aromatic N) is 1. The van der Waals surface area contributed by atoms with Gasteiger partial charge in [0.15, 0.2) is 0 Å². The molecule has 1 heterocycles. The van der Waals surface area contributed by atoms with E-state index in [0.717, 1.165) is 38.4 Å². The van der Waals surface area contributed by atoms with Crippen LogP contribution in [0.4, 0.5) is 0 Å². The van der Waals surface area contributed by atoms with Crippen LogP contribution >= 0.6 is 0 Å². The lowest BCUT2D eigenvalue weighted by atomic mass is 10.1. The maximum absolute atomic E-state index is 5.77. The Kier molecular flexibility index (Phi) is 4.53. The Bertz CT molecular complexity index is 583. The number of benzene rings is 2. The second-order valence-corrected chi connectivity index (χ2v) is 5.53. The maximum Gasteiger partial charge on any atom is 0.122 e. The smallest absolute Gasteiger partial charge is 0.122 e. The fraction of sp³-hybridized carbons (Fsp3) is 0.333. The van der Waals surface area contributed by atoms with Crippen molar-refractivity contribution in [2.45, 2.75) is 19.5 Å². The highest BCUT2D eigenvalue weighted by Crippen LogP contribution is 2.26. The number of hydrogen-bond donors (Lipinski definition) is 1.